The lowest BCUT2D eigenvalue weighted by Crippen LogP contribution is -2.38. The van der Waals surface area contributed by atoms with E-state index >= 15 is 0 Å². The molecule has 0 saturated heterocycles. The zero-order valence-electron chi connectivity index (χ0n) is 6.31. The van der Waals surface area contributed by atoms with Gasteiger partial charge in [-0.3, -0.25) is 0 Å². The molecule has 0 rings (SSSR count). The fraction of sp³-hybridized carbons (Fsp3) is 1.00. The Hall–Kier alpha value is 1.00. The third-order valence-corrected chi connectivity index (χ3v) is 9.58. The average molecular weight is 197 g/mol. The van der Waals surface area contributed by atoms with Gasteiger partial charge in [-0.25, -0.2) is 0 Å². The zero-order valence-corrected chi connectivity index (χ0v) is 15.1. The van der Waals surface area contributed by atoms with Crippen LogP contribution in [0.3, 0.4) is 0 Å². The van der Waals surface area contributed by atoms with Crippen LogP contribution in [0.15, 0.2) is 0 Å². The molecule has 0 radical (unpaired) electrons. The zero-order chi connectivity index (χ0) is 6.57. The third kappa shape index (κ3) is 5.15. The average Bonchev–Trinajstić information content (AvgIpc) is 1.65. The van der Waals surface area contributed by atoms with Crippen molar-refractivity contribution >= 4 is 50.7 Å². The monoisotopic (exact) mass is 196 g/mol. The maximum Gasteiger partial charge on any atom is 0.144 e. The van der Waals surface area contributed by atoms with E-state index in [4.69, 9.17) is 0 Å². The van der Waals surface area contributed by atoms with Crippen molar-refractivity contribution < 1.29 is 0 Å². The van der Waals surface area contributed by atoms with Gasteiger partial charge in [0, 0.05) is 0 Å². The lowest BCUT2D eigenvalue weighted by atomic mass is 11.9. The predicted octanol–water partition coefficient (Wildman–Crippen LogP) is -5.44. The first-order valence-electron chi connectivity index (χ1n) is 3.00. The fourth-order valence-electron chi connectivity index (χ4n) is 0.583. The van der Waals surface area contributed by atoms with Crippen LogP contribution in [0.5, 0.6) is 0 Å². The van der Waals surface area contributed by atoms with Crippen molar-refractivity contribution in [2.75, 3.05) is 0 Å². The van der Waals surface area contributed by atoms with Crippen LogP contribution in [0.4, 0.5) is 0 Å². The van der Waals surface area contributed by atoms with Crippen molar-refractivity contribution in [3.8, 4) is 0 Å². The lowest BCUT2D eigenvalue weighted by molar-refractivity contribution is 0.986. The Morgan fingerprint density at radius 2 is 1.75 bits per heavy atom. The Bertz CT molecular complexity index is 56.4. The third-order valence-electron chi connectivity index (χ3n) is 1.06. The molecule has 0 atom stereocenters. The highest BCUT2D eigenvalue weighted by atomic mass is 28.4. The molecule has 0 spiro atoms. The van der Waals surface area contributed by atoms with E-state index in [1.165, 1.54) is 31.2 Å². The molecule has 0 saturated carbocycles. The molecule has 0 aromatic heterocycles. The van der Waals surface area contributed by atoms with Gasteiger partial charge < -0.3 is 7.79 Å². The molecule has 0 aliphatic rings. The van der Waals surface area contributed by atoms with Gasteiger partial charge >= 0.3 is 0 Å². The summed E-state index contributed by atoms with van der Waals surface area (Å²) in [6.45, 7) is 2.40. The van der Waals surface area contributed by atoms with Crippen molar-refractivity contribution in [1.82, 2.24) is 7.79 Å². The van der Waals surface area contributed by atoms with Crippen molar-refractivity contribution in [1.29, 1.82) is 0 Å². The smallest absolute Gasteiger partial charge is 0.144 e. The molecule has 0 unspecified atom stereocenters. The molecule has 0 heterocycles. The molecular weight excluding hydrogens is 180 g/mol. The molecule has 0 aromatic rings. The van der Waals surface area contributed by atoms with Crippen LogP contribution in [0.25, 0.3) is 0 Å². The summed E-state index contributed by atoms with van der Waals surface area (Å²) < 4.78 is 5.38. The summed E-state index contributed by atoms with van der Waals surface area (Å²) in [6, 6.07) is 0. The van der Waals surface area contributed by atoms with Gasteiger partial charge in [-0.15, -0.1) is 0 Å². The van der Waals surface area contributed by atoms with Crippen LogP contribution in [-0.2, 0) is 0 Å². The number of hydrogen-bond donors (Lipinski definition) is 0. The van der Waals surface area contributed by atoms with Gasteiger partial charge in [0.2, 0.25) is 0 Å². The van der Waals surface area contributed by atoms with E-state index in [0.29, 0.717) is 0 Å². The second-order valence-corrected chi connectivity index (χ2v) is 18.8. The second kappa shape index (κ2) is 4.84. The Morgan fingerprint density at radius 1 is 1.25 bits per heavy atom. The highest BCUT2D eigenvalue weighted by Gasteiger charge is 1.93. The summed E-state index contributed by atoms with van der Waals surface area (Å²) in [5.41, 5.74) is 0. The van der Waals surface area contributed by atoms with Crippen LogP contribution >= 0.6 is 0 Å². The molecule has 0 fully saturated rings. The van der Waals surface area contributed by atoms with Gasteiger partial charge in [0.1, 0.15) is 9.84 Å². The molecule has 7 heteroatoms. The molecule has 8 heavy (non-hydrogen) atoms. The molecule has 0 aromatic carbocycles. The normalized spacial score (nSPS) is 15.4. The summed E-state index contributed by atoms with van der Waals surface area (Å²) in [5.74, 6) is 0. The van der Waals surface area contributed by atoms with Gasteiger partial charge in [0.05, 0.1) is 40.9 Å². The summed E-state index contributed by atoms with van der Waals surface area (Å²) >= 11 is 0. The minimum absolute atomic E-state index is 0.184. The van der Waals surface area contributed by atoms with E-state index < -0.39 is 0 Å². The van der Waals surface area contributed by atoms with Gasteiger partial charge in [0.15, 0.2) is 0 Å². The summed E-state index contributed by atoms with van der Waals surface area (Å²) in [4.78, 5) is 0. The van der Waals surface area contributed by atoms with Gasteiger partial charge in [-0.1, -0.05) is 6.55 Å². The van der Waals surface area contributed by atoms with Gasteiger partial charge in [-0.2, -0.15) is 0 Å². The molecular formula is CH16N2Si5. The summed E-state index contributed by atoms with van der Waals surface area (Å²) in [5, 5.41) is 0. The fourth-order valence-corrected chi connectivity index (χ4v) is 13.9. The van der Waals surface area contributed by atoms with Crippen molar-refractivity contribution in [2.45, 2.75) is 6.55 Å². The van der Waals surface area contributed by atoms with Crippen LogP contribution in [0.1, 0.15) is 0 Å². The Morgan fingerprint density at radius 3 is 1.88 bits per heavy atom. The Kier molecular flexibility index (Phi) is 5.45. The first-order valence-corrected chi connectivity index (χ1v) is 8.99. The molecule has 0 amide bonds. The maximum absolute atomic E-state index is 2.74. The molecule has 50 valence electrons. The molecule has 0 N–H and O–H groups in total. The number of hydrogen-bond acceptors (Lipinski definition) is 2. The van der Waals surface area contributed by atoms with Crippen molar-refractivity contribution in [3.05, 3.63) is 0 Å². The van der Waals surface area contributed by atoms with Gasteiger partial charge in [-0.05, 0) is 0 Å². The van der Waals surface area contributed by atoms with Crippen LogP contribution < -0.4 is 0 Å². The van der Waals surface area contributed by atoms with E-state index in [0.717, 1.165) is 0 Å². The van der Waals surface area contributed by atoms with Crippen molar-refractivity contribution in [2.24, 2.45) is 0 Å². The standard InChI is InChI=1S/CH16N2Si5/c1-7-3(6)8-2(4)5/h7-8H2,1,4-6H3. The van der Waals surface area contributed by atoms with Crippen LogP contribution in [0, 0.1) is 0 Å². The summed E-state index contributed by atoms with van der Waals surface area (Å²) in [6.07, 6.45) is 0. The molecule has 0 aliphatic carbocycles. The number of rotatable bonds is 3. The highest BCUT2D eigenvalue weighted by Crippen LogP contribution is 1.72. The van der Waals surface area contributed by atoms with E-state index in [-0.39, 0.29) is 19.5 Å². The first-order chi connectivity index (χ1) is 3.66. The van der Waals surface area contributed by atoms with Crippen LogP contribution in [0.2, 0.25) is 6.55 Å². The Balaban J connectivity index is 3.10. The Labute approximate surface area is 65.4 Å². The van der Waals surface area contributed by atoms with Crippen molar-refractivity contribution in [3.63, 3.8) is 0 Å². The SMILES string of the molecule is C[SiH2]N([SiH3])[SiH2]N([SiH3])[SiH3]. The van der Waals surface area contributed by atoms with E-state index in [2.05, 4.69) is 14.3 Å². The quantitative estimate of drug-likeness (QED) is 0.416. The van der Waals surface area contributed by atoms with E-state index in [1.807, 2.05) is 0 Å². The highest BCUT2D eigenvalue weighted by molar-refractivity contribution is 6.64. The van der Waals surface area contributed by atoms with E-state index in [1.54, 1.807) is 0 Å². The van der Waals surface area contributed by atoms with E-state index in [9.17, 15) is 0 Å². The van der Waals surface area contributed by atoms with Crippen LogP contribution in [-0.4, -0.2) is 58.5 Å². The topological polar surface area (TPSA) is 6.48 Å². The minimum atomic E-state index is 0.184. The lowest BCUT2D eigenvalue weighted by Gasteiger charge is -2.18. The second-order valence-electron chi connectivity index (χ2n) is 2.39. The predicted molar refractivity (Wildman–Crippen MR) is 56.4 cm³/mol. The maximum atomic E-state index is 2.74. The largest absolute Gasteiger partial charge is 0.377 e. The molecule has 0 aliphatic heterocycles. The van der Waals surface area contributed by atoms with Gasteiger partial charge in [0.25, 0.3) is 0 Å². The summed E-state index contributed by atoms with van der Waals surface area (Å²) in [7, 11) is 4.45. The molecule has 0 bridgehead atoms. The minimum Gasteiger partial charge on any atom is -0.377 e. The first kappa shape index (κ1) is 9.00. The number of nitrogens with zero attached hydrogens (tertiary/aromatic N) is 2. The molecule has 2 nitrogen and oxygen atoms in total.